The molecule has 1 aromatic rings. The maximum absolute atomic E-state index is 11.8. The summed E-state index contributed by atoms with van der Waals surface area (Å²) >= 11 is 0. The number of hydrogen-bond acceptors (Lipinski definition) is 2. The van der Waals surface area contributed by atoms with E-state index in [1.807, 2.05) is 13.8 Å². The van der Waals surface area contributed by atoms with E-state index in [1.54, 1.807) is 0 Å². The Bertz CT molecular complexity index is 484. The average molecular weight is 275 g/mol. The van der Waals surface area contributed by atoms with Crippen LogP contribution in [-0.2, 0) is 11.2 Å². The van der Waals surface area contributed by atoms with E-state index in [0.29, 0.717) is 12.3 Å². The van der Waals surface area contributed by atoms with E-state index in [9.17, 15) is 9.90 Å². The van der Waals surface area contributed by atoms with E-state index in [0.717, 1.165) is 19.3 Å². The molecule has 3 N–H and O–H groups in total. The number of carboxylic acids is 1. The van der Waals surface area contributed by atoms with Gasteiger partial charge in [-0.1, -0.05) is 38.1 Å². The third-order valence-corrected chi connectivity index (χ3v) is 5.00. The van der Waals surface area contributed by atoms with Gasteiger partial charge in [0.2, 0.25) is 0 Å². The van der Waals surface area contributed by atoms with Gasteiger partial charge >= 0.3 is 5.97 Å². The quantitative estimate of drug-likeness (QED) is 0.867. The molecular formula is C17H25NO2. The van der Waals surface area contributed by atoms with Gasteiger partial charge in [-0.15, -0.1) is 0 Å². The van der Waals surface area contributed by atoms with Crippen molar-refractivity contribution in [3.8, 4) is 0 Å². The van der Waals surface area contributed by atoms with Gasteiger partial charge < -0.3 is 10.8 Å². The third kappa shape index (κ3) is 2.59. The summed E-state index contributed by atoms with van der Waals surface area (Å²) in [6, 6.07) is 8.44. The Balaban J connectivity index is 2.31. The summed E-state index contributed by atoms with van der Waals surface area (Å²) in [5.74, 6) is -0.390. The van der Waals surface area contributed by atoms with Crippen molar-refractivity contribution in [3.05, 3.63) is 35.4 Å². The van der Waals surface area contributed by atoms with Crippen molar-refractivity contribution in [3.63, 3.8) is 0 Å². The summed E-state index contributed by atoms with van der Waals surface area (Å²) in [6.07, 6.45) is 3.96. The molecule has 3 heteroatoms. The second kappa shape index (κ2) is 5.96. The van der Waals surface area contributed by atoms with Crippen LogP contribution in [0.25, 0.3) is 0 Å². The van der Waals surface area contributed by atoms with Crippen molar-refractivity contribution < 1.29 is 9.90 Å². The van der Waals surface area contributed by atoms with Crippen LogP contribution in [0.5, 0.6) is 0 Å². The van der Waals surface area contributed by atoms with E-state index in [-0.39, 0.29) is 12.5 Å². The molecule has 20 heavy (non-hydrogen) atoms. The molecule has 110 valence electrons. The molecule has 2 rings (SSSR count). The molecule has 1 aliphatic rings. The fraction of sp³-hybridized carbons (Fsp3) is 0.588. The smallest absolute Gasteiger partial charge is 0.311 e. The molecule has 3 nitrogen and oxygen atoms in total. The van der Waals surface area contributed by atoms with Crippen LogP contribution in [0, 0.1) is 11.3 Å². The second-order valence-electron chi connectivity index (χ2n) is 6.31. The largest absolute Gasteiger partial charge is 0.481 e. The molecule has 2 atom stereocenters. The van der Waals surface area contributed by atoms with E-state index in [1.165, 1.54) is 11.1 Å². The average Bonchev–Trinajstić information content (AvgIpc) is 2.44. The first-order valence-electron chi connectivity index (χ1n) is 7.52. The number of fused-ring (bicyclic) bond motifs is 1. The zero-order chi connectivity index (χ0) is 14.8. The molecular weight excluding hydrogens is 250 g/mol. The summed E-state index contributed by atoms with van der Waals surface area (Å²) in [4.78, 5) is 11.8. The topological polar surface area (TPSA) is 63.3 Å². The van der Waals surface area contributed by atoms with Crippen LogP contribution in [0.1, 0.15) is 50.2 Å². The monoisotopic (exact) mass is 275 g/mol. The van der Waals surface area contributed by atoms with Crippen molar-refractivity contribution in [1.29, 1.82) is 0 Å². The number of carbonyl (C=O) groups is 1. The summed E-state index contributed by atoms with van der Waals surface area (Å²) in [6.45, 7) is 4.14. The lowest BCUT2D eigenvalue weighted by Crippen LogP contribution is -2.44. The van der Waals surface area contributed by atoms with Crippen LogP contribution in [-0.4, -0.2) is 17.6 Å². The fourth-order valence-electron chi connectivity index (χ4n) is 3.48. The molecule has 0 aliphatic heterocycles. The van der Waals surface area contributed by atoms with Gasteiger partial charge in [0.05, 0.1) is 5.41 Å². The molecule has 0 heterocycles. The maximum Gasteiger partial charge on any atom is 0.311 e. The van der Waals surface area contributed by atoms with Crippen LogP contribution < -0.4 is 5.73 Å². The van der Waals surface area contributed by atoms with Crippen molar-refractivity contribution in [2.24, 2.45) is 17.1 Å². The SMILES string of the molecule is CC(C)C(CN)(CC1CCCc2ccccc21)C(=O)O. The number of aliphatic carboxylic acids is 1. The molecule has 0 aromatic heterocycles. The summed E-state index contributed by atoms with van der Waals surface area (Å²) in [5.41, 5.74) is 7.77. The summed E-state index contributed by atoms with van der Waals surface area (Å²) < 4.78 is 0. The van der Waals surface area contributed by atoms with Crippen molar-refractivity contribution in [1.82, 2.24) is 0 Å². The first kappa shape index (κ1) is 15.0. The molecule has 0 radical (unpaired) electrons. The van der Waals surface area contributed by atoms with Crippen molar-refractivity contribution in [2.45, 2.75) is 45.4 Å². The van der Waals surface area contributed by atoms with Gasteiger partial charge in [-0.25, -0.2) is 0 Å². The highest BCUT2D eigenvalue weighted by Gasteiger charge is 2.43. The predicted molar refractivity (Wildman–Crippen MR) is 80.7 cm³/mol. The fourth-order valence-corrected chi connectivity index (χ4v) is 3.48. The van der Waals surface area contributed by atoms with E-state index >= 15 is 0 Å². The van der Waals surface area contributed by atoms with Crippen molar-refractivity contribution >= 4 is 5.97 Å². The van der Waals surface area contributed by atoms with Gasteiger partial charge in [0.1, 0.15) is 0 Å². The van der Waals surface area contributed by atoms with Crippen LogP contribution >= 0.6 is 0 Å². The minimum atomic E-state index is -0.810. The van der Waals surface area contributed by atoms with Crippen LogP contribution in [0.2, 0.25) is 0 Å². The minimum absolute atomic E-state index is 0.0408. The maximum atomic E-state index is 11.8. The molecule has 0 saturated carbocycles. The second-order valence-corrected chi connectivity index (χ2v) is 6.31. The van der Waals surface area contributed by atoms with Gasteiger partial charge in [-0.05, 0) is 48.6 Å². The molecule has 0 saturated heterocycles. The first-order chi connectivity index (χ1) is 9.51. The van der Waals surface area contributed by atoms with Gasteiger partial charge in [-0.2, -0.15) is 0 Å². The Morgan fingerprint density at radius 1 is 1.45 bits per heavy atom. The molecule has 1 aliphatic carbocycles. The van der Waals surface area contributed by atoms with E-state index in [2.05, 4.69) is 24.3 Å². The lowest BCUT2D eigenvalue weighted by molar-refractivity contribution is -0.152. The summed E-state index contributed by atoms with van der Waals surface area (Å²) in [7, 11) is 0. The van der Waals surface area contributed by atoms with Crippen molar-refractivity contribution in [2.75, 3.05) is 6.54 Å². The van der Waals surface area contributed by atoms with Crippen LogP contribution in [0.15, 0.2) is 24.3 Å². The molecule has 0 fully saturated rings. The Hall–Kier alpha value is -1.35. The Labute approximate surface area is 121 Å². The van der Waals surface area contributed by atoms with Crippen LogP contribution in [0.4, 0.5) is 0 Å². The zero-order valence-corrected chi connectivity index (χ0v) is 12.4. The number of hydrogen-bond donors (Lipinski definition) is 2. The molecule has 0 bridgehead atoms. The molecule has 0 spiro atoms. The normalized spacial score (nSPS) is 21.3. The zero-order valence-electron chi connectivity index (χ0n) is 12.4. The highest BCUT2D eigenvalue weighted by atomic mass is 16.4. The van der Waals surface area contributed by atoms with Crippen LogP contribution in [0.3, 0.4) is 0 Å². The highest BCUT2D eigenvalue weighted by Crippen LogP contribution is 2.43. The van der Waals surface area contributed by atoms with Gasteiger partial charge in [-0.3, -0.25) is 4.79 Å². The Morgan fingerprint density at radius 3 is 2.75 bits per heavy atom. The van der Waals surface area contributed by atoms with Gasteiger partial charge in [0.15, 0.2) is 0 Å². The third-order valence-electron chi connectivity index (χ3n) is 5.00. The number of nitrogens with two attached hydrogens (primary N) is 1. The molecule has 2 unspecified atom stereocenters. The minimum Gasteiger partial charge on any atom is -0.481 e. The Kier molecular flexibility index (Phi) is 4.48. The number of carboxylic acid groups (broad SMARTS) is 1. The van der Waals surface area contributed by atoms with Gasteiger partial charge in [0, 0.05) is 6.54 Å². The Morgan fingerprint density at radius 2 is 2.15 bits per heavy atom. The highest BCUT2D eigenvalue weighted by molar-refractivity contribution is 5.75. The predicted octanol–water partition coefficient (Wildman–Crippen LogP) is 3.18. The number of benzene rings is 1. The van der Waals surface area contributed by atoms with E-state index in [4.69, 9.17) is 5.73 Å². The number of rotatable bonds is 5. The van der Waals surface area contributed by atoms with E-state index < -0.39 is 11.4 Å². The first-order valence-corrected chi connectivity index (χ1v) is 7.52. The van der Waals surface area contributed by atoms with Gasteiger partial charge in [0.25, 0.3) is 0 Å². The molecule has 1 aromatic carbocycles. The summed E-state index contributed by atoms with van der Waals surface area (Å²) in [5, 5.41) is 9.69. The number of aryl methyl sites for hydroxylation is 1. The lowest BCUT2D eigenvalue weighted by atomic mass is 9.67. The lowest BCUT2D eigenvalue weighted by Gasteiger charge is -2.37. The molecule has 0 amide bonds. The standard InChI is InChI=1S/C17H25NO2/c1-12(2)17(11-18,16(19)20)10-14-8-5-7-13-6-3-4-9-15(13)14/h3-4,6,9,12,14H,5,7-8,10-11,18H2,1-2H3,(H,19,20).